The third-order valence-corrected chi connectivity index (χ3v) is 3.99. The maximum atomic E-state index is 11.9. The minimum absolute atomic E-state index is 0.209. The fourth-order valence-corrected chi connectivity index (χ4v) is 2.45. The van der Waals surface area contributed by atoms with Crippen molar-refractivity contribution in [3.8, 4) is 11.6 Å². The zero-order valence-electron chi connectivity index (χ0n) is 13.8. The number of methoxy groups -OCH3 is 1. The second-order valence-electron chi connectivity index (χ2n) is 5.16. The molecule has 0 saturated carbocycles. The van der Waals surface area contributed by atoms with Crippen LogP contribution in [0.15, 0.2) is 59.3 Å². The number of nitrogens with two attached hydrogens (primary N) is 1. The molecule has 0 saturated heterocycles. The Morgan fingerprint density at radius 2 is 1.85 bits per heavy atom. The number of ether oxygens (including phenoxy) is 2. The van der Waals surface area contributed by atoms with Crippen LogP contribution in [0.5, 0.6) is 11.6 Å². The van der Waals surface area contributed by atoms with E-state index in [2.05, 4.69) is 31.2 Å². The largest absolute Gasteiger partial charge is 0.465 e. The Labute approximate surface area is 158 Å². The number of nitrogen functional groups attached to an aromatic ring is 1. The lowest BCUT2D eigenvalue weighted by Gasteiger charge is -2.13. The molecule has 0 aliphatic carbocycles. The third-order valence-electron chi connectivity index (χ3n) is 3.46. The summed E-state index contributed by atoms with van der Waals surface area (Å²) in [5.41, 5.74) is 7.22. The number of esters is 1. The van der Waals surface area contributed by atoms with Gasteiger partial charge in [-0.05, 0) is 36.4 Å². The number of para-hydroxylation sites is 1. The second-order valence-corrected chi connectivity index (χ2v) is 6.07. The van der Waals surface area contributed by atoms with E-state index >= 15 is 0 Å². The molecule has 1 heterocycles. The number of nitrogens with zero attached hydrogens (tertiary/aromatic N) is 2. The molecule has 2 aromatic carbocycles. The van der Waals surface area contributed by atoms with E-state index in [0.29, 0.717) is 22.8 Å². The van der Waals surface area contributed by atoms with Gasteiger partial charge in [0.2, 0.25) is 5.88 Å². The molecule has 0 bridgehead atoms. The molecule has 0 unspecified atom stereocenters. The number of hydrogen-bond donors (Lipinski definition) is 2. The maximum absolute atomic E-state index is 11.9. The van der Waals surface area contributed by atoms with Gasteiger partial charge in [0.05, 0.1) is 18.4 Å². The van der Waals surface area contributed by atoms with Gasteiger partial charge < -0.3 is 20.5 Å². The van der Waals surface area contributed by atoms with Crippen molar-refractivity contribution in [1.29, 1.82) is 0 Å². The highest BCUT2D eigenvalue weighted by Gasteiger charge is 2.15. The molecule has 8 heteroatoms. The number of nitrogens with one attached hydrogen (secondary N) is 1. The third kappa shape index (κ3) is 3.92. The van der Waals surface area contributed by atoms with E-state index in [1.165, 1.54) is 13.4 Å². The van der Waals surface area contributed by atoms with Crippen molar-refractivity contribution in [2.24, 2.45) is 0 Å². The predicted octanol–water partition coefficient (Wildman–Crippen LogP) is 4.14. The summed E-state index contributed by atoms with van der Waals surface area (Å²) in [6.07, 6.45) is 1.33. The van der Waals surface area contributed by atoms with Crippen molar-refractivity contribution in [3.05, 3.63) is 64.9 Å². The average Bonchev–Trinajstić information content (AvgIpc) is 2.66. The average molecular weight is 415 g/mol. The smallest absolute Gasteiger partial charge is 0.339 e. The highest BCUT2D eigenvalue weighted by Crippen LogP contribution is 2.32. The van der Waals surface area contributed by atoms with Crippen LogP contribution in [0.25, 0.3) is 0 Å². The number of benzene rings is 2. The van der Waals surface area contributed by atoms with Crippen LogP contribution in [0.4, 0.5) is 17.2 Å². The first kappa shape index (κ1) is 17.7. The zero-order valence-corrected chi connectivity index (χ0v) is 15.4. The van der Waals surface area contributed by atoms with Gasteiger partial charge in [-0.1, -0.05) is 28.1 Å². The number of rotatable bonds is 5. The van der Waals surface area contributed by atoms with Crippen LogP contribution in [0, 0.1) is 0 Å². The summed E-state index contributed by atoms with van der Waals surface area (Å²) in [6.45, 7) is 0. The van der Waals surface area contributed by atoms with E-state index in [1.54, 1.807) is 36.4 Å². The Balaban J connectivity index is 1.88. The molecule has 0 aliphatic heterocycles. The molecule has 0 radical (unpaired) electrons. The number of carbonyl (C=O) groups is 1. The number of halogens is 1. The van der Waals surface area contributed by atoms with Crippen molar-refractivity contribution in [1.82, 2.24) is 9.97 Å². The van der Waals surface area contributed by atoms with Crippen LogP contribution in [0.3, 0.4) is 0 Å². The number of carbonyl (C=O) groups excluding carboxylic acids is 1. The molecule has 0 spiro atoms. The Kier molecular flexibility index (Phi) is 5.33. The summed E-state index contributed by atoms with van der Waals surface area (Å²) >= 11 is 3.36. The SMILES string of the molecule is COC(=O)c1ccccc1Nc1ncnc(Oc2ccc(Br)cc2)c1N. The number of anilines is 3. The molecular weight excluding hydrogens is 400 g/mol. The summed E-state index contributed by atoms with van der Waals surface area (Å²) in [4.78, 5) is 20.1. The molecule has 0 fully saturated rings. The Morgan fingerprint density at radius 3 is 2.58 bits per heavy atom. The Bertz CT molecular complexity index is 932. The summed E-state index contributed by atoms with van der Waals surface area (Å²) in [5, 5.41) is 3.03. The van der Waals surface area contributed by atoms with Gasteiger partial charge in [0, 0.05) is 4.47 Å². The fourth-order valence-electron chi connectivity index (χ4n) is 2.18. The Morgan fingerprint density at radius 1 is 1.12 bits per heavy atom. The quantitative estimate of drug-likeness (QED) is 0.604. The predicted molar refractivity (Wildman–Crippen MR) is 102 cm³/mol. The fraction of sp³-hybridized carbons (Fsp3) is 0.0556. The first-order valence-corrected chi connectivity index (χ1v) is 8.36. The van der Waals surface area contributed by atoms with Crippen molar-refractivity contribution >= 4 is 39.1 Å². The van der Waals surface area contributed by atoms with Gasteiger partial charge in [-0.15, -0.1) is 0 Å². The van der Waals surface area contributed by atoms with Gasteiger partial charge in [0.15, 0.2) is 5.82 Å². The van der Waals surface area contributed by atoms with E-state index in [0.717, 1.165) is 4.47 Å². The number of hydrogen-bond acceptors (Lipinski definition) is 7. The van der Waals surface area contributed by atoms with Crippen molar-refractivity contribution in [2.45, 2.75) is 0 Å². The summed E-state index contributed by atoms with van der Waals surface area (Å²) in [5.74, 6) is 0.649. The molecule has 26 heavy (non-hydrogen) atoms. The minimum atomic E-state index is -0.466. The summed E-state index contributed by atoms with van der Waals surface area (Å²) in [6, 6.07) is 14.1. The summed E-state index contributed by atoms with van der Waals surface area (Å²) < 4.78 is 11.4. The highest BCUT2D eigenvalue weighted by atomic mass is 79.9. The zero-order chi connectivity index (χ0) is 18.5. The van der Waals surface area contributed by atoms with E-state index in [4.69, 9.17) is 15.2 Å². The van der Waals surface area contributed by atoms with Crippen LogP contribution < -0.4 is 15.8 Å². The van der Waals surface area contributed by atoms with Crippen LogP contribution in [0.1, 0.15) is 10.4 Å². The van der Waals surface area contributed by atoms with Crippen molar-refractivity contribution in [2.75, 3.05) is 18.2 Å². The molecule has 7 nitrogen and oxygen atoms in total. The van der Waals surface area contributed by atoms with Gasteiger partial charge >= 0.3 is 5.97 Å². The summed E-state index contributed by atoms with van der Waals surface area (Å²) in [7, 11) is 1.32. The van der Waals surface area contributed by atoms with Gasteiger partial charge in [-0.3, -0.25) is 0 Å². The van der Waals surface area contributed by atoms with Crippen LogP contribution >= 0.6 is 15.9 Å². The molecule has 0 aliphatic rings. The van der Waals surface area contributed by atoms with Gasteiger partial charge in [-0.25, -0.2) is 9.78 Å². The molecule has 3 rings (SSSR count). The lowest BCUT2D eigenvalue weighted by Crippen LogP contribution is -2.08. The lowest BCUT2D eigenvalue weighted by molar-refractivity contribution is 0.0602. The van der Waals surface area contributed by atoms with E-state index in [-0.39, 0.29) is 11.6 Å². The normalized spacial score (nSPS) is 10.2. The van der Waals surface area contributed by atoms with E-state index in [9.17, 15) is 4.79 Å². The van der Waals surface area contributed by atoms with Gasteiger partial charge in [-0.2, -0.15) is 4.98 Å². The van der Waals surface area contributed by atoms with Gasteiger partial charge in [0.1, 0.15) is 17.8 Å². The molecule has 0 atom stereocenters. The lowest BCUT2D eigenvalue weighted by atomic mass is 10.2. The first-order valence-electron chi connectivity index (χ1n) is 7.56. The topological polar surface area (TPSA) is 99.4 Å². The highest BCUT2D eigenvalue weighted by molar-refractivity contribution is 9.10. The molecule has 132 valence electrons. The maximum Gasteiger partial charge on any atom is 0.339 e. The van der Waals surface area contributed by atoms with Crippen LogP contribution in [-0.2, 0) is 4.74 Å². The van der Waals surface area contributed by atoms with Crippen molar-refractivity contribution < 1.29 is 14.3 Å². The van der Waals surface area contributed by atoms with Crippen LogP contribution in [0.2, 0.25) is 0 Å². The molecule has 1 aromatic heterocycles. The van der Waals surface area contributed by atoms with Gasteiger partial charge in [0.25, 0.3) is 0 Å². The molecule has 3 aromatic rings. The molecular formula is C18H15BrN4O3. The molecule has 3 N–H and O–H groups in total. The van der Waals surface area contributed by atoms with Crippen LogP contribution in [-0.4, -0.2) is 23.0 Å². The van der Waals surface area contributed by atoms with E-state index < -0.39 is 5.97 Å². The molecule has 0 amide bonds. The second kappa shape index (κ2) is 7.83. The van der Waals surface area contributed by atoms with E-state index in [1.807, 2.05) is 12.1 Å². The standard InChI is InChI=1S/C18H15BrN4O3/c1-25-18(24)13-4-2-3-5-14(13)23-16-15(20)17(22-10-21-16)26-12-8-6-11(19)7-9-12/h2-10H,20H2,1H3,(H,21,22,23). The number of aromatic nitrogens is 2. The monoisotopic (exact) mass is 414 g/mol. The van der Waals surface area contributed by atoms with Crippen molar-refractivity contribution in [3.63, 3.8) is 0 Å². The minimum Gasteiger partial charge on any atom is -0.465 e. The Hall–Kier alpha value is -3.13. The first-order chi connectivity index (χ1) is 12.6.